The first-order valence-electron chi connectivity index (χ1n) is 6.31. The van der Waals surface area contributed by atoms with Gasteiger partial charge in [-0.05, 0) is 44.7 Å². The Morgan fingerprint density at radius 2 is 2.31 bits per heavy atom. The van der Waals surface area contributed by atoms with Crippen LogP contribution in [-0.4, -0.2) is 22.9 Å². The fourth-order valence-electron chi connectivity index (χ4n) is 2.13. The zero-order valence-electron chi connectivity index (χ0n) is 9.86. The monoisotopic (exact) mass is 219 g/mol. The summed E-state index contributed by atoms with van der Waals surface area (Å²) in [7, 11) is 0. The van der Waals surface area contributed by atoms with Gasteiger partial charge in [0.1, 0.15) is 0 Å². The number of aromatic nitrogens is 2. The van der Waals surface area contributed by atoms with Crippen LogP contribution in [0.2, 0.25) is 0 Å². The molecule has 0 spiro atoms. The number of nitrogens with one attached hydrogen (secondary N) is 1. The van der Waals surface area contributed by atoms with Gasteiger partial charge in [0.2, 0.25) is 0 Å². The average Bonchev–Trinajstić information content (AvgIpc) is 2.83. The quantitative estimate of drug-likeness (QED) is 0.588. The second-order valence-electron chi connectivity index (χ2n) is 4.38. The van der Waals surface area contributed by atoms with E-state index in [0.29, 0.717) is 0 Å². The lowest BCUT2D eigenvalue weighted by Crippen LogP contribution is -2.21. The van der Waals surface area contributed by atoms with E-state index < -0.39 is 0 Å². The Morgan fingerprint density at radius 3 is 3.06 bits per heavy atom. The van der Waals surface area contributed by atoms with Crippen LogP contribution in [-0.2, 0) is 6.54 Å². The molecular weight excluding hydrogens is 198 g/mol. The molecule has 0 aliphatic heterocycles. The van der Waals surface area contributed by atoms with Gasteiger partial charge < -0.3 is 5.32 Å². The molecule has 0 atom stereocenters. The molecule has 0 amide bonds. The Morgan fingerprint density at radius 1 is 1.31 bits per heavy atom. The summed E-state index contributed by atoms with van der Waals surface area (Å²) in [5.41, 5.74) is 1.65. The Kier molecular flexibility index (Phi) is 4.62. The van der Waals surface area contributed by atoms with Crippen molar-refractivity contribution < 1.29 is 0 Å². The lowest BCUT2D eigenvalue weighted by atomic mass is 9.97. The summed E-state index contributed by atoms with van der Waals surface area (Å²) in [4.78, 5) is 0. The van der Waals surface area contributed by atoms with Crippen molar-refractivity contribution in [2.24, 2.45) is 0 Å². The van der Waals surface area contributed by atoms with Crippen LogP contribution in [0.5, 0.6) is 0 Å². The normalized spacial score (nSPS) is 16.1. The molecule has 0 radical (unpaired) electrons. The van der Waals surface area contributed by atoms with Gasteiger partial charge in [-0.2, -0.15) is 5.10 Å². The van der Waals surface area contributed by atoms with Crippen LogP contribution in [0.3, 0.4) is 0 Å². The number of allylic oxidation sites excluding steroid dienone is 1. The maximum absolute atomic E-state index is 4.17. The maximum atomic E-state index is 4.17. The lowest BCUT2D eigenvalue weighted by molar-refractivity contribution is 0.550. The number of hydrogen-bond acceptors (Lipinski definition) is 2. The van der Waals surface area contributed by atoms with Crippen molar-refractivity contribution in [2.75, 3.05) is 13.1 Å². The van der Waals surface area contributed by atoms with Crippen molar-refractivity contribution in [2.45, 2.75) is 38.6 Å². The molecule has 0 saturated heterocycles. The van der Waals surface area contributed by atoms with E-state index >= 15 is 0 Å². The van der Waals surface area contributed by atoms with Gasteiger partial charge >= 0.3 is 0 Å². The van der Waals surface area contributed by atoms with E-state index in [-0.39, 0.29) is 0 Å². The molecule has 1 N–H and O–H groups in total. The van der Waals surface area contributed by atoms with E-state index in [1.807, 2.05) is 23.1 Å². The highest BCUT2D eigenvalue weighted by Gasteiger charge is 2.02. The zero-order chi connectivity index (χ0) is 11.1. The van der Waals surface area contributed by atoms with E-state index in [1.165, 1.54) is 32.1 Å². The van der Waals surface area contributed by atoms with Gasteiger partial charge in [-0.3, -0.25) is 4.68 Å². The molecule has 1 aromatic heterocycles. The summed E-state index contributed by atoms with van der Waals surface area (Å²) < 4.78 is 1.97. The van der Waals surface area contributed by atoms with Gasteiger partial charge in [0.15, 0.2) is 0 Å². The third-order valence-electron chi connectivity index (χ3n) is 3.08. The summed E-state index contributed by atoms with van der Waals surface area (Å²) in [5, 5.41) is 7.64. The first kappa shape index (κ1) is 11.4. The molecule has 0 saturated carbocycles. The highest BCUT2D eigenvalue weighted by molar-refractivity contribution is 5.05. The Balaban J connectivity index is 1.53. The molecule has 1 heterocycles. The lowest BCUT2D eigenvalue weighted by Gasteiger charge is -2.12. The Bertz CT molecular complexity index is 314. The van der Waals surface area contributed by atoms with Crippen molar-refractivity contribution in [3.05, 3.63) is 30.1 Å². The van der Waals surface area contributed by atoms with Crippen molar-refractivity contribution in [1.82, 2.24) is 15.1 Å². The van der Waals surface area contributed by atoms with Crippen molar-refractivity contribution in [3.63, 3.8) is 0 Å². The van der Waals surface area contributed by atoms with E-state index in [4.69, 9.17) is 0 Å². The molecule has 3 nitrogen and oxygen atoms in total. The molecule has 1 aliphatic carbocycles. The highest BCUT2D eigenvalue weighted by atomic mass is 15.3. The van der Waals surface area contributed by atoms with Gasteiger partial charge in [-0.25, -0.2) is 0 Å². The molecule has 0 aromatic carbocycles. The third kappa shape index (κ3) is 3.81. The first-order chi connectivity index (χ1) is 7.95. The van der Waals surface area contributed by atoms with Crippen molar-refractivity contribution in [1.29, 1.82) is 0 Å². The number of hydrogen-bond donors (Lipinski definition) is 1. The van der Waals surface area contributed by atoms with Crippen LogP contribution in [0.4, 0.5) is 0 Å². The SMILES string of the molecule is C1=C(CCNCCn2cccn2)CCCC1. The van der Waals surface area contributed by atoms with E-state index in [1.54, 1.807) is 5.57 Å². The van der Waals surface area contributed by atoms with E-state index in [0.717, 1.165) is 19.6 Å². The number of nitrogens with zero attached hydrogens (tertiary/aromatic N) is 2. The predicted molar refractivity (Wildman–Crippen MR) is 66.3 cm³/mol. The number of rotatable bonds is 6. The van der Waals surface area contributed by atoms with E-state index in [9.17, 15) is 0 Å². The van der Waals surface area contributed by atoms with Gasteiger partial charge in [0.25, 0.3) is 0 Å². The smallest absolute Gasteiger partial charge is 0.0533 e. The molecule has 1 aromatic rings. The van der Waals surface area contributed by atoms with Gasteiger partial charge in [0.05, 0.1) is 6.54 Å². The zero-order valence-corrected chi connectivity index (χ0v) is 9.86. The highest BCUT2D eigenvalue weighted by Crippen LogP contribution is 2.19. The van der Waals surface area contributed by atoms with Crippen molar-refractivity contribution in [3.8, 4) is 0 Å². The molecule has 88 valence electrons. The fraction of sp³-hybridized carbons (Fsp3) is 0.615. The van der Waals surface area contributed by atoms with Crippen LogP contribution < -0.4 is 5.32 Å². The molecule has 0 unspecified atom stereocenters. The summed E-state index contributed by atoms with van der Waals surface area (Å²) in [6, 6.07) is 1.97. The maximum Gasteiger partial charge on any atom is 0.0533 e. The third-order valence-corrected chi connectivity index (χ3v) is 3.08. The Hall–Kier alpha value is -1.09. The molecule has 2 rings (SSSR count). The topological polar surface area (TPSA) is 29.9 Å². The minimum absolute atomic E-state index is 0.964. The summed E-state index contributed by atoms with van der Waals surface area (Å²) in [6.45, 7) is 3.08. The molecule has 1 aliphatic rings. The van der Waals surface area contributed by atoms with Gasteiger partial charge in [0, 0.05) is 18.9 Å². The summed E-state index contributed by atoms with van der Waals surface area (Å²) >= 11 is 0. The minimum Gasteiger partial charge on any atom is -0.315 e. The minimum atomic E-state index is 0.964. The molecule has 16 heavy (non-hydrogen) atoms. The largest absolute Gasteiger partial charge is 0.315 e. The molecule has 3 heteroatoms. The first-order valence-corrected chi connectivity index (χ1v) is 6.31. The van der Waals surface area contributed by atoms with Crippen LogP contribution in [0.15, 0.2) is 30.1 Å². The van der Waals surface area contributed by atoms with Crippen LogP contribution in [0, 0.1) is 0 Å². The van der Waals surface area contributed by atoms with Gasteiger partial charge in [-0.1, -0.05) is 11.6 Å². The standard InChI is InChI=1S/C13H21N3/c1-2-5-13(6-3-1)7-9-14-10-12-16-11-4-8-15-16/h4-5,8,11,14H,1-3,6-7,9-10,12H2. The second-order valence-corrected chi connectivity index (χ2v) is 4.38. The van der Waals surface area contributed by atoms with Crippen LogP contribution in [0.1, 0.15) is 32.1 Å². The summed E-state index contributed by atoms with van der Waals surface area (Å²) in [6.07, 6.45) is 12.9. The van der Waals surface area contributed by atoms with Crippen LogP contribution in [0.25, 0.3) is 0 Å². The predicted octanol–water partition coefficient (Wildman–Crippen LogP) is 2.36. The summed E-state index contributed by atoms with van der Waals surface area (Å²) in [5.74, 6) is 0. The van der Waals surface area contributed by atoms with Crippen LogP contribution >= 0.6 is 0 Å². The average molecular weight is 219 g/mol. The van der Waals surface area contributed by atoms with Gasteiger partial charge in [-0.15, -0.1) is 0 Å². The van der Waals surface area contributed by atoms with E-state index in [2.05, 4.69) is 16.5 Å². The molecule has 0 fully saturated rings. The fourth-order valence-corrected chi connectivity index (χ4v) is 2.13. The van der Waals surface area contributed by atoms with Crippen molar-refractivity contribution >= 4 is 0 Å². The Labute approximate surface area is 97.5 Å². The molecule has 0 bridgehead atoms. The second kappa shape index (κ2) is 6.48. The molecular formula is C13H21N3.